The summed E-state index contributed by atoms with van der Waals surface area (Å²) in [6.45, 7) is 2.76. The van der Waals surface area contributed by atoms with Crippen molar-refractivity contribution >= 4 is 28.9 Å². The third kappa shape index (κ3) is 4.90. The van der Waals surface area contributed by atoms with Crippen LogP contribution in [0.15, 0.2) is 54.9 Å². The van der Waals surface area contributed by atoms with Crippen molar-refractivity contribution in [3.8, 4) is 0 Å². The molecule has 0 fully saturated rings. The lowest BCUT2D eigenvalue weighted by molar-refractivity contribution is 0.848. The summed E-state index contributed by atoms with van der Waals surface area (Å²) < 4.78 is 0. The van der Waals surface area contributed by atoms with Crippen molar-refractivity contribution in [1.29, 1.82) is 0 Å². The maximum absolute atomic E-state index is 5.93. The van der Waals surface area contributed by atoms with Crippen LogP contribution in [0.1, 0.15) is 11.4 Å². The molecule has 0 radical (unpaired) electrons. The number of hydrogen-bond acceptors (Lipinski definition) is 5. The van der Waals surface area contributed by atoms with Gasteiger partial charge in [-0.3, -0.25) is 4.98 Å². The first-order valence-corrected chi connectivity index (χ1v) is 8.46. The largest absolute Gasteiger partial charge is 0.359 e. The van der Waals surface area contributed by atoms with E-state index in [1.54, 1.807) is 0 Å². The van der Waals surface area contributed by atoms with Gasteiger partial charge in [-0.2, -0.15) is 0 Å². The van der Waals surface area contributed by atoms with Gasteiger partial charge in [-0.15, -0.1) is 0 Å². The summed E-state index contributed by atoms with van der Waals surface area (Å²) >= 11 is 5.93. The second-order valence-electron chi connectivity index (χ2n) is 5.82. The van der Waals surface area contributed by atoms with Crippen LogP contribution in [0.2, 0.25) is 5.02 Å². The number of rotatable bonds is 6. The molecule has 0 aliphatic carbocycles. The zero-order valence-corrected chi connectivity index (χ0v) is 15.0. The predicted molar refractivity (Wildman–Crippen MR) is 103 cm³/mol. The fourth-order valence-corrected chi connectivity index (χ4v) is 2.58. The van der Waals surface area contributed by atoms with Crippen LogP contribution in [0, 0.1) is 6.92 Å². The van der Waals surface area contributed by atoms with Gasteiger partial charge >= 0.3 is 0 Å². The molecule has 0 saturated carbocycles. The average molecular weight is 354 g/mol. The molecule has 0 bridgehead atoms. The average Bonchev–Trinajstić information content (AvgIpc) is 2.62. The maximum atomic E-state index is 5.93. The third-order valence-electron chi connectivity index (χ3n) is 3.82. The summed E-state index contributed by atoms with van der Waals surface area (Å²) in [4.78, 5) is 15.2. The second-order valence-corrected chi connectivity index (χ2v) is 6.25. The molecule has 0 saturated heterocycles. The molecule has 2 aromatic heterocycles. The summed E-state index contributed by atoms with van der Waals surface area (Å²) in [6, 6.07) is 13.6. The molecule has 1 aromatic carbocycles. The molecule has 5 nitrogen and oxygen atoms in total. The van der Waals surface area contributed by atoms with Crippen LogP contribution in [0.25, 0.3) is 0 Å². The number of benzene rings is 1. The highest BCUT2D eigenvalue weighted by molar-refractivity contribution is 6.30. The van der Waals surface area contributed by atoms with Crippen molar-refractivity contribution in [2.24, 2.45) is 0 Å². The van der Waals surface area contributed by atoms with E-state index in [4.69, 9.17) is 11.6 Å². The lowest BCUT2D eigenvalue weighted by atomic mass is 10.2. The number of aryl methyl sites for hydroxylation is 1. The van der Waals surface area contributed by atoms with Crippen LogP contribution in [0.3, 0.4) is 0 Å². The number of anilines is 3. The Balaban J connectivity index is 1.70. The van der Waals surface area contributed by atoms with Gasteiger partial charge in [0.15, 0.2) is 0 Å². The summed E-state index contributed by atoms with van der Waals surface area (Å²) in [5.74, 6) is 2.38. The normalized spacial score (nSPS) is 10.5. The fourth-order valence-electron chi connectivity index (χ4n) is 2.45. The molecule has 25 heavy (non-hydrogen) atoms. The van der Waals surface area contributed by atoms with E-state index in [1.165, 1.54) is 5.56 Å². The van der Waals surface area contributed by atoms with Crippen LogP contribution < -0.4 is 10.2 Å². The van der Waals surface area contributed by atoms with Gasteiger partial charge in [0, 0.05) is 42.8 Å². The maximum Gasteiger partial charge on any atom is 0.136 e. The first kappa shape index (κ1) is 17.2. The number of likely N-dealkylation sites (N-methyl/N-ethyl adjacent to an activating group) is 1. The number of hydrogen-bond donors (Lipinski definition) is 1. The molecule has 1 N–H and O–H groups in total. The Morgan fingerprint density at radius 2 is 1.76 bits per heavy atom. The summed E-state index contributed by atoms with van der Waals surface area (Å²) in [6.07, 6.45) is 4.57. The zero-order valence-electron chi connectivity index (χ0n) is 14.3. The van der Waals surface area contributed by atoms with Crippen LogP contribution in [0.4, 0.5) is 17.3 Å². The van der Waals surface area contributed by atoms with Crippen LogP contribution in [-0.4, -0.2) is 28.5 Å². The molecular formula is C19H20ClN5. The number of nitrogens with one attached hydrogen (secondary N) is 1. The van der Waals surface area contributed by atoms with Gasteiger partial charge in [0.05, 0.1) is 0 Å². The second kappa shape index (κ2) is 7.94. The first-order chi connectivity index (χ1) is 12.1. The highest BCUT2D eigenvalue weighted by Crippen LogP contribution is 2.21. The number of nitrogens with zero attached hydrogens (tertiary/aromatic N) is 4. The molecule has 6 heteroatoms. The molecule has 128 valence electrons. The smallest absolute Gasteiger partial charge is 0.136 e. The van der Waals surface area contributed by atoms with Crippen molar-refractivity contribution in [1.82, 2.24) is 15.0 Å². The molecule has 0 spiro atoms. The Bertz CT molecular complexity index is 821. The molecule has 0 aliphatic rings. The quantitative estimate of drug-likeness (QED) is 0.717. The van der Waals surface area contributed by atoms with Gasteiger partial charge in [0.2, 0.25) is 0 Å². The van der Waals surface area contributed by atoms with Crippen molar-refractivity contribution in [2.45, 2.75) is 13.3 Å². The predicted octanol–water partition coefficient (Wildman–Crippen LogP) is 4.26. The van der Waals surface area contributed by atoms with E-state index in [1.807, 2.05) is 68.8 Å². The molecular weight excluding hydrogens is 334 g/mol. The standard InChI is InChI=1S/C19H20ClN5/c1-14-22-18(24-17-5-3-16(20)4-6-17)13-19(23-14)25(2)12-9-15-7-10-21-11-8-15/h3-8,10-11,13H,9,12H2,1-2H3,(H,22,23,24). The number of halogens is 1. The van der Waals surface area contributed by atoms with Gasteiger partial charge in [-0.05, 0) is 55.3 Å². The molecule has 0 atom stereocenters. The van der Waals surface area contributed by atoms with Crippen molar-refractivity contribution in [3.05, 3.63) is 71.3 Å². The minimum Gasteiger partial charge on any atom is -0.359 e. The van der Waals surface area contributed by atoms with E-state index in [-0.39, 0.29) is 0 Å². The SMILES string of the molecule is Cc1nc(Nc2ccc(Cl)cc2)cc(N(C)CCc2ccncc2)n1. The van der Waals surface area contributed by atoms with Crippen molar-refractivity contribution in [2.75, 3.05) is 23.8 Å². The Kier molecular flexibility index (Phi) is 5.46. The van der Waals surface area contributed by atoms with Crippen molar-refractivity contribution < 1.29 is 0 Å². The van der Waals surface area contributed by atoms with Gasteiger partial charge in [-0.1, -0.05) is 11.6 Å². The van der Waals surface area contributed by atoms with Crippen LogP contribution in [-0.2, 0) is 6.42 Å². The lowest BCUT2D eigenvalue weighted by Gasteiger charge is -2.19. The van der Waals surface area contributed by atoms with E-state index in [2.05, 4.69) is 25.2 Å². The van der Waals surface area contributed by atoms with Crippen LogP contribution >= 0.6 is 11.6 Å². The molecule has 3 rings (SSSR count). The monoisotopic (exact) mass is 353 g/mol. The summed E-state index contributed by atoms with van der Waals surface area (Å²) in [5, 5.41) is 4.01. The first-order valence-electron chi connectivity index (χ1n) is 8.08. The van der Waals surface area contributed by atoms with E-state index in [0.717, 1.165) is 36.1 Å². The van der Waals surface area contributed by atoms with E-state index >= 15 is 0 Å². The highest BCUT2D eigenvalue weighted by atomic mass is 35.5. The minimum atomic E-state index is 0.709. The Morgan fingerprint density at radius 3 is 2.48 bits per heavy atom. The van der Waals surface area contributed by atoms with Gasteiger partial charge in [0.1, 0.15) is 17.5 Å². The van der Waals surface area contributed by atoms with Gasteiger partial charge in [-0.25, -0.2) is 9.97 Å². The van der Waals surface area contributed by atoms with E-state index in [0.29, 0.717) is 5.02 Å². The topological polar surface area (TPSA) is 53.9 Å². The number of pyridine rings is 1. The van der Waals surface area contributed by atoms with Gasteiger partial charge in [0.25, 0.3) is 0 Å². The highest BCUT2D eigenvalue weighted by Gasteiger charge is 2.07. The molecule has 0 aliphatic heterocycles. The fraction of sp³-hybridized carbons (Fsp3) is 0.211. The number of aromatic nitrogens is 3. The molecule has 3 aromatic rings. The van der Waals surface area contributed by atoms with Crippen LogP contribution in [0.5, 0.6) is 0 Å². The summed E-state index contributed by atoms with van der Waals surface area (Å²) in [7, 11) is 2.04. The minimum absolute atomic E-state index is 0.709. The Labute approximate surface area is 152 Å². The van der Waals surface area contributed by atoms with E-state index < -0.39 is 0 Å². The third-order valence-corrected chi connectivity index (χ3v) is 4.07. The van der Waals surface area contributed by atoms with E-state index in [9.17, 15) is 0 Å². The molecule has 2 heterocycles. The zero-order chi connectivity index (χ0) is 17.6. The summed E-state index contributed by atoms with van der Waals surface area (Å²) in [5.41, 5.74) is 2.19. The van der Waals surface area contributed by atoms with Gasteiger partial charge < -0.3 is 10.2 Å². The Hall–Kier alpha value is -2.66. The molecule has 0 unspecified atom stereocenters. The lowest BCUT2D eigenvalue weighted by Crippen LogP contribution is -2.22. The Morgan fingerprint density at radius 1 is 1.04 bits per heavy atom. The van der Waals surface area contributed by atoms with Crippen molar-refractivity contribution in [3.63, 3.8) is 0 Å². The molecule has 0 amide bonds.